The average Bonchev–Trinajstić information content (AvgIpc) is 3.43. The lowest BCUT2D eigenvalue weighted by Crippen LogP contribution is -2.45. The molecular weight excluding hydrogens is 947 g/mol. The number of nitrogens with one attached hydrogen (secondary N) is 1. The number of allylic oxidation sites excluding steroid dienone is 3. The Morgan fingerprint density at radius 2 is 0.610 bits per heavy atom. The molecule has 0 rings (SSSR count). The topological polar surface area (TPSA) is 95.9 Å². The first-order valence-corrected chi connectivity index (χ1v) is 35.1. The van der Waals surface area contributed by atoms with Crippen molar-refractivity contribution in [2.24, 2.45) is 0 Å². The number of aliphatic hydroxyl groups is 2. The fourth-order valence-electron chi connectivity index (χ4n) is 11.1. The lowest BCUT2D eigenvalue weighted by atomic mass is 10.0. The van der Waals surface area contributed by atoms with E-state index in [9.17, 15) is 19.8 Å². The summed E-state index contributed by atoms with van der Waals surface area (Å²) in [5, 5.41) is 23.2. The second kappa shape index (κ2) is 66.8. The number of carbonyl (C=O) groups is 2. The summed E-state index contributed by atoms with van der Waals surface area (Å²) in [5.74, 6) is -0.0489. The molecule has 2 atom stereocenters. The molecule has 0 spiro atoms. The van der Waals surface area contributed by atoms with E-state index in [1.165, 1.54) is 321 Å². The molecule has 0 heterocycles. The first-order chi connectivity index (χ1) is 38.0. The molecule has 6 heteroatoms. The Labute approximate surface area is 481 Å². The van der Waals surface area contributed by atoms with E-state index in [0.717, 1.165) is 44.9 Å². The lowest BCUT2D eigenvalue weighted by molar-refractivity contribution is -0.143. The Morgan fingerprint density at radius 1 is 0.351 bits per heavy atom. The van der Waals surface area contributed by atoms with Gasteiger partial charge < -0.3 is 20.3 Å². The predicted molar refractivity (Wildman–Crippen MR) is 338 cm³/mol. The summed E-state index contributed by atoms with van der Waals surface area (Å²) in [5.41, 5.74) is 0. The van der Waals surface area contributed by atoms with E-state index < -0.39 is 12.1 Å². The second-order valence-corrected chi connectivity index (χ2v) is 24.2. The molecule has 0 aliphatic rings. The van der Waals surface area contributed by atoms with Crippen LogP contribution in [-0.4, -0.2) is 47.4 Å². The molecule has 77 heavy (non-hydrogen) atoms. The zero-order chi connectivity index (χ0) is 55.7. The van der Waals surface area contributed by atoms with Crippen molar-refractivity contribution in [2.75, 3.05) is 13.2 Å². The number of ether oxygens (including phenoxy) is 1. The second-order valence-electron chi connectivity index (χ2n) is 24.2. The monoisotopic (exact) mass is 1080 g/mol. The highest BCUT2D eigenvalue weighted by molar-refractivity contribution is 5.76. The van der Waals surface area contributed by atoms with Gasteiger partial charge >= 0.3 is 5.97 Å². The van der Waals surface area contributed by atoms with Crippen LogP contribution in [0.1, 0.15) is 393 Å². The van der Waals surface area contributed by atoms with Crippen molar-refractivity contribution in [1.82, 2.24) is 5.32 Å². The highest BCUT2D eigenvalue weighted by Gasteiger charge is 2.18. The standard InChI is InChI=1S/C71H137NO5/c1-3-5-7-9-11-13-15-17-36-40-43-47-51-55-59-63-69(74)68(67-73)72-70(75)64-60-56-52-48-44-41-37-34-32-30-28-26-24-22-20-18-19-21-23-25-27-29-31-33-35-38-42-46-50-54-58-62-66-77-71(76)65-61-57-53-49-45-39-16-14-12-10-8-6-4-2/h14,16,59,63,68-69,73-74H,3-13,15,17-58,60-62,64-67H2,1-2H3,(H,72,75)/b16-14-,63-59+. The van der Waals surface area contributed by atoms with E-state index in [0.29, 0.717) is 19.4 Å². The van der Waals surface area contributed by atoms with Gasteiger partial charge in [0, 0.05) is 12.8 Å². The number of unbranched alkanes of at least 4 members (excludes halogenated alkanes) is 53. The Bertz CT molecular complexity index is 1200. The van der Waals surface area contributed by atoms with Gasteiger partial charge in [-0.3, -0.25) is 9.59 Å². The molecule has 0 bridgehead atoms. The Kier molecular flexibility index (Phi) is 65.4. The van der Waals surface area contributed by atoms with Crippen LogP contribution in [0.4, 0.5) is 0 Å². The number of rotatable bonds is 66. The van der Waals surface area contributed by atoms with Crippen LogP contribution in [0.2, 0.25) is 0 Å². The zero-order valence-corrected chi connectivity index (χ0v) is 52.2. The van der Waals surface area contributed by atoms with E-state index in [1.807, 2.05) is 6.08 Å². The highest BCUT2D eigenvalue weighted by Crippen LogP contribution is 2.19. The van der Waals surface area contributed by atoms with Crippen LogP contribution in [0.5, 0.6) is 0 Å². The minimum Gasteiger partial charge on any atom is -0.466 e. The summed E-state index contributed by atoms with van der Waals surface area (Å²) in [6, 6.07) is -0.624. The van der Waals surface area contributed by atoms with Crippen molar-refractivity contribution in [1.29, 1.82) is 0 Å². The predicted octanol–water partition coefficient (Wildman–Crippen LogP) is 22.5. The molecule has 2 unspecified atom stereocenters. The molecule has 3 N–H and O–H groups in total. The van der Waals surface area contributed by atoms with Crippen LogP contribution in [-0.2, 0) is 14.3 Å². The van der Waals surface area contributed by atoms with Gasteiger partial charge in [0.25, 0.3) is 0 Å². The molecule has 0 aromatic carbocycles. The van der Waals surface area contributed by atoms with E-state index in [1.54, 1.807) is 6.08 Å². The summed E-state index contributed by atoms with van der Waals surface area (Å²) >= 11 is 0. The fraction of sp³-hybridized carbons (Fsp3) is 0.915. The van der Waals surface area contributed by atoms with Crippen molar-refractivity contribution < 1.29 is 24.5 Å². The Hall–Kier alpha value is -1.66. The maximum Gasteiger partial charge on any atom is 0.305 e. The van der Waals surface area contributed by atoms with Crippen molar-refractivity contribution in [3.05, 3.63) is 24.3 Å². The summed E-state index contributed by atoms with van der Waals surface area (Å²) < 4.78 is 5.48. The van der Waals surface area contributed by atoms with Crippen LogP contribution in [0, 0.1) is 0 Å². The van der Waals surface area contributed by atoms with Crippen molar-refractivity contribution in [3.8, 4) is 0 Å². The number of esters is 1. The molecule has 6 nitrogen and oxygen atoms in total. The largest absolute Gasteiger partial charge is 0.466 e. The third kappa shape index (κ3) is 63.4. The Balaban J connectivity index is 3.33. The molecule has 1 amide bonds. The van der Waals surface area contributed by atoms with Gasteiger partial charge in [0.05, 0.1) is 25.4 Å². The minimum absolute atomic E-state index is 0.0121. The van der Waals surface area contributed by atoms with Crippen LogP contribution in [0.15, 0.2) is 24.3 Å². The fourth-order valence-corrected chi connectivity index (χ4v) is 11.1. The van der Waals surface area contributed by atoms with Crippen LogP contribution in [0.25, 0.3) is 0 Å². The van der Waals surface area contributed by atoms with Crippen LogP contribution in [0.3, 0.4) is 0 Å². The van der Waals surface area contributed by atoms with Crippen molar-refractivity contribution in [3.63, 3.8) is 0 Å². The van der Waals surface area contributed by atoms with Gasteiger partial charge in [0.2, 0.25) is 5.91 Å². The van der Waals surface area contributed by atoms with E-state index in [-0.39, 0.29) is 18.5 Å². The number of amides is 1. The molecule has 0 radical (unpaired) electrons. The number of aliphatic hydroxyl groups excluding tert-OH is 2. The first-order valence-electron chi connectivity index (χ1n) is 35.1. The average molecular weight is 1080 g/mol. The Morgan fingerprint density at radius 3 is 0.935 bits per heavy atom. The highest BCUT2D eigenvalue weighted by atomic mass is 16.5. The molecule has 0 saturated heterocycles. The molecule has 0 aliphatic carbocycles. The molecule has 0 fully saturated rings. The van der Waals surface area contributed by atoms with E-state index in [4.69, 9.17) is 4.74 Å². The quantitative estimate of drug-likeness (QED) is 0.0320. The normalized spacial score (nSPS) is 12.6. The first kappa shape index (κ1) is 75.3. The van der Waals surface area contributed by atoms with Gasteiger partial charge in [0.15, 0.2) is 0 Å². The van der Waals surface area contributed by atoms with Gasteiger partial charge in [0.1, 0.15) is 0 Å². The maximum absolute atomic E-state index is 12.5. The maximum atomic E-state index is 12.5. The molecule has 0 aromatic rings. The van der Waals surface area contributed by atoms with Gasteiger partial charge in [-0.15, -0.1) is 0 Å². The molecule has 0 saturated carbocycles. The van der Waals surface area contributed by atoms with Crippen molar-refractivity contribution in [2.45, 2.75) is 405 Å². The lowest BCUT2D eigenvalue weighted by Gasteiger charge is -2.20. The van der Waals surface area contributed by atoms with E-state index in [2.05, 4.69) is 31.3 Å². The summed E-state index contributed by atoms with van der Waals surface area (Å²) in [6.07, 6.45) is 84.1. The SMILES string of the molecule is CCCCCC/C=C\CCCCCCCC(=O)OCCCCCCCCCCCCCCCCCCCCCCCCCCCCCCCCCCC(=O)NC(CO)C(O)/C=C/CCCCCCCCCCCCCCC. The van der Waals surface area contributed by atoms with Gasteiger partial charge in [-0.1, -0.05) is 346 Å². The minimum atomic E-state index is -0.840. The molecular formula is C71H137NO5. The number of hydrogen-bond donors (Lipinski definition) is 3. The molecule has 456 valence electrons. The van der Waals surface area contributed by atoms with Gasteiger partial charge in [-0.2, -0.15) is 0 Å². The summed E-state index contributed by atoms with van der Waals surface area (Å²) in [6.45, 7) is 4.92. The van der Waals surface area contributed by atoms with Gasteiger partial charge in [-0.25, -0.2) is 0 Å². The van der Waals surface area contributed by atoms with Gasteiger partial charge in [-0.05, 0) is 57.8 Å². The summed E-state index contributed by atoms with van der Waals surface area (Å²) in [7, 11) is 0. The smallest absolute Gasteiger partial charge is 0.305 e. The molecule has 0 aromatic heterocycles. The third-order valence-electron chi connectivity index (χ3n) is 16.5. The number of carbonyl (C=O) groups excluding carboxylic acids is 2. The van der Waals surface area contributed by atoms with Crippen LogP contribution >= 0.6 is 0 Å². The summed E-state index contributed by atoms with van der Waals surface area (Å²) in [4.78, 5) is 24.5. The molecule has 0 aliphatic heterocycles. The van der Waals surface area contributed by atoms with Crippen LogP contribution < -0.4 is 5.32 Å². The third-order valence-corrected chi connectivity index (χ3v) is 16.5. The van der Waals surface area contributed by atoms with E-state index >= 15 is 0 Å². The zero-order valence-electron chi connectivity index (χ0n) is 52.2. The number of hydrogen-bond acceptors (Lipinski definition) is 5. The van der Waals surface area contributed by atoms with Crippen molar-refractivity contribution >= 4 is 11.9 Å².